The molecule has 0 fully saturated rings. The first-order chi connectivity index (χ1) is 10.1. The minimum absolute atomic E-state index is 0.0785. The summed E-state index contributed by atoms with van der Waals surface area (Å²) in [6.07, 6.45) is 0.809. The highest BCUT2D eigenvalue weighted by atomic mass is 16.4. The Morgan fingerprint density at radius 1 is 1.10 bits per heavy atom. The van der Waals surface area contributed by atoms with Crippen molar-refractivity contribution in [1.29, 1.82) is 0 Å². The van der Waals surface area contributed by atoms with Gasteiger partial charge in [0.25, 0.3) is 0 Å². The number of benzene rings is 2. The maximum absolute atomic E-state index is 11.9. The van der Waals surface area contributed by atoms with Crippen molar-refractivity contribution in [3.8, 4) is 0 Å². The largest absolute Gasteiger partial charge is 0.478 e. The van der Waals surface area contributed by atoms with E-state index in [-0.39, 0.29) is 17.9 Å². The molecule has 2 aromatic carbocycles. The molecule has 0 aliphatic heterocycles. The van der Waals surface area contributed by atoms with Crippen molar-refractivity contribution in [2.75, 3.05) is 11.1 Å². The second-order valence-electron chi connectivity index (χ2n) is 4.64. The molecular weight excluding hydrogens is 268 g/mol. The lowest BCUT2D eigenvalue weighted by Gasteiger charge is -2.08. The van der Waals surface area contributed by atoms with Crippen LogP contribution in [0.3, 0.4) is 0 Å². The van der Waals surface area contributed by atoms with Gasteiger partial charge in [-0.05, 0) is 36.2 Å². The summed E-state index contributed by atoms with van der Waals surface area (Å²) < 4.78 is 0. The number of carbonyl (C=O) groups excluding carboxylic acids is 1. The van der Waals surface area contributed by atoms with Crippen LogP contribution in [0.5, 0.6) is 0 Å². The van der Waals surface area contributed by atoms with Gasteiger partial charge in [0, 0.05) is 12.1 Å². The Bertz CT molecular complexity index is 668. The predicted octanol–water partition coefficient (Wildman–Crippen LogP) is 2.54. The van der Waals surface area contributed by atoms with E-state index in [0.717, 1.165) is 5.56 Å². The summed E-state index contributed by atoms with van der Waals surface area (Å²) in [5.41, 5.74) is 7.69. The Labute approximate surface area is 122 Å². The van der Waals surface area contributed by atoms with E-state index in [1.54, 1.807) is 24.3 Å². The van der Waals surface area contributed by atoms with Crippen molar-refractivity contribution in [2.24, 2.45) is 0 Å². The molecule has 0 spiro atoms. The van der Waals surface area contributed by atoms with Crippen molar-refractivity contribution in [2.45, 2.75) is 12.8 Å². The van der Waals surface area contributed by atoms with Crippen molar-refractivity contribution >= 4 is 23.3 Å². The number of hydrogen-bond acceptors (Lipinski definition) is 3. The zero-order valence-electron chi connectivity index (χ0n) is 11.4. The van der Waals surface area contributed by atoms with Crippen molar-refractivity contribution in [3.63, 3.8) is 0 Å². The van der Waals surface area contributed by atoms with Crippen LogP contribution >= 0.6 is 0 Å². The molecule has 0 saturated carbocycles. The highest BCUT2D eigenvalue weighted by Crippen LogP contribution is 2.16. The van der Waals surface area contributed by atoms with Crippen LogP contribution in [-0.4, -0.2) is 17.0 Å². The average molecular weight is 284 g/mol. The maximum atomic E-state index is 11.9. The monoisotopic (exact) mass is 284 g/mol. The molecule has 0 radical (unpaired) electrons. The standard InChI is InChI=1S/C16H16N2O3/c17-12-5-3-4-11(10-12)8-9-15(19)18-14-7-2-1-6-13(14)16(20)21/h1-7,10H,8-9,17H2,(H,18,19)(H,20,21). The number of rotatable bonds is 5. The number of carbonyl (C=O) groups is 2. The molecule has 0 saturated heterocycles. The number of nitrogens with one attached hydrogen (secondary N) is 1. The molecule has 0 aliphatic carbocycles. The Kier molecular flexibility index (Phi) is 4.56. The first-order valence-electron chi connectivity index (χ1n) is 6.53. The van der Waals surface area contributed by atoms with E-state index in [4.69, 9.17) is 10.8 Å². The lowest BCUT2D eigenvalue weighted by Crippen LogP contribution is -2.15. The quantitative estimate of drug-likeness (QED) is 0.736. The fraction of sp³-hybridized carbons (Fsp3) is 0.125. The molecule has 2 aromatic rings. The number of aromatic carboxylic acids is 1. The summed E-state index contributed by atoms with van der Waals surface area (Å²) in [5.74, 6) is -1.30. The molecule has 0 unspecified atom stereocenters. The Morgan fingerprint density at radius 2 is 1.86 bits per heavy atom. The van der Waals surface area contributed by atoms with Crippen molar-refractivity contribution in [1.82, 2.24) is 0 Å². The van der Waals surface area contributed by atoms with E-state index in [9.17, 15) is 9.59 Å². The first kappa shape index (κ1) is 14.6. The molecule has 21 heavy (non-hydrogen) atoms. The minimum Gasteiger partial charge on any atom is -0.478 e. The molecule has 108 valence electrons. The van der Waals surface area contributed by atoms with Gasteiger partial charge in [-0.1, -0.05) is 24.3 Å². The van der Waals surface area contributed by atoms with Crippen LogP contribution in [0.4, 0.5) is 11.4 Å². The second kappa shape index (κ2) is 6.56. The summed E-state index contributed by atoms with van der Waals surface area (Å²) >= 11 is 0. The van der Waals surface area contributed by atoms with Gasteiger partial charge < -0.3 is 16.2 Å². The van der Waals surface area contributed by atoms with E-state index in [0.29, 0.717) is 17.8 Å². The van der Waals surface area contributed by atoms with E-state index in [1.165, 1.54) is 6.07 Å². The van der Waals surface area contributed by atoms with Gasteiger partial charge in [0.15, 0.2) is 0 Å². The van der Waals surface area contributed by atoms with Gasteiger partial charge in [-0.15, -0.1) is 0 Å². The number of nitrogens with two attached hydrogens (primary N) is 1. The average Bonchev–Trinajstić information content (AvgIpc) is 2.45. The van der Waals surface area contributed by atoms with Crippen molar-refractivity contribution < 1.29 is 14.7 Å². The number of carboxylic acids is 1. The number of para-hydroxylation sites is 1. The maximum Gasteiger partial charge on any atom is 0.337 e. The van der Waals surface area contributed by atoms with Crippen molar-refractivity contribution in [3.05, 3.63) is 59.7 Å². The van der Waals surface area contributed by atoms with E-state index in [1.807, 2.05) is 18.2 Å². The summed E-state index contributed by atoms with van der Waals surface area (Å²) in [7, 11) is 0. The Hall–Kier alpha value is -2.82. The molecule has 5 nitrogen and oxygen atoms in total. The molecule has 5 heteroatoms. The third-order valence-electron chi connectivity index (χ3n) is 3.02. The zero-order valence-corrected chi connectivity index (χ0v) is 11.4. The molecule has 1 amide bonds. The summed E-state index contributed by atoms with van der Waals surface area (Å²) in [6.45, 7) is 0. The van der Waals surface area contributed by atoms with Gasteiger partial charge in [-0.3, -0.25) is 4.79 Å². The van der Waals surface area contributed by atoms with Crippen LogP contribution < -0.4 is 11.1 Å². The molecule has 0 aromatic heterocycles. The Morgan fingerprint density at radius 3 is 2.57 bits per heavy atom. The van der Waals surface area contributed by atoms with E-state index < -0.39 is 5.97 Å². The van der Waals surface area contributed by atoms with Gasteiger partial charge >= 0.3 is 5.97 Å². The molecule has 0 heterocycles. The highest BCUT2D eigenvalue weighted by Gasteiger charge is 2.11. The van der Waals surface area contributed by atoms with Crippen LogP contribution in [0, 0.1) is 0 Å². The van der Waals surface area contributed by atoms with E-state index in [2.05, 4.69) is 5.32 Å². The fourth-order valence-electron chi connectivity index (χ4n) is 2.00. The van der Waals surface area contributed by atoms with Gasteiger partial charge in [-0.25, -0.2) is 4.79 Å². The first-order valence-corrected chi connectivity index (χ1v) is 6.53. The highest BCUT2D eigenvalue weighted by molar-refractivity contribution is 6.00. The molecular formula is C16H16N2O3. The minimum atomic E-state index is -1.07. The smallest absolute Gasteiger partial charge is 0.337 e. The predicted molar refractivity (Wildman–Crippen MR) is 81.2 cm³/mol. The zero-order chi connectivity index (χ0) is 15.2. The van der Waals surface area contributed by atoms with E-state index >= 15 is 0 Å². The van der Waals surface area contributed by atoms with Crippen LogP contribution in [0.2, 0.25) is 0 Å². The topological polar surface area (TPSA) is 92.4 Å². The lowest BCUT2D eigenvalue weighted by atomic mass is 10.1. The van der Waals surface area contributed by atoms with Crippen LogP contribution in [-0.2, 0) is 11.2 Å². The SMILES string of the molecule is Nc1cccc(CCC(=O)Nc2ccccc2C(=O)O)c1. The van der Waals surface area contributed by atoms with Crippen LogP contribution in [0.1, 0.15) is 22.3 Å². The third kappa shape index (κ3) is 4.07. The van der Waals surface area contributed by atoms with Gasteiger partial charge in [0.05, 0.1) is 11.3 Å². The Balaban J connectivity index is 1.98. The van der Waals surface area contributed by atoms with Gasteiger partial charge in [-0.2, -0.15) is 0 Å². The lowest BCUT2D eigenvalue weighted by molar-refractivity contribution is -0.116. The fourth-order valence-corrected chi connectivity index (χ4v) is 2.00. The van der Waals surface area contributed by atoms with Gasteiger partial charge in [0.1, 0.15) is 0 Å². The summed E-state index contributed by atoms with van der Waals surface area (Å²) in [4.78, 5) is 23.0. The molecule has 0 bridgehead atoms. The van der Waals surface area contributed by atoms with Crippen LogP contribution in [0.15, 0.2) is 48.5 Å². The molecule has 2 rings (SSSR count). The number of anilines is 2. The molecule has 0 aliphatic rings. The number of aryl methyl sites for hydroxylation is 1. The molecule has 0 atom stereocenters. The number of amides is 1. The van der Waals surface area contributed by atoms with Gasteiger partial charge in [0.2, 0.25) is 5.91 Å². The molecule has 4 N–H and O–H groups in total. The summed E-state index contributed by atoms with van der Waals surface area (Å²) in [6, 6.07) is 13.7. The number of carboxylic acid groups (broad SMARTS) is 1. The number of hydrogen-bond donors (Lipinski definition) is 3. The number of nitrogen functional groups attached to an aromatic ring is 1. The normalized spacial score (nSPS) is 10.1. The summed E-state index contributed by atoms with van der Waals surface area (Å²) in [5, 5.41) is 11.7. The third-order valence-corrected chi connectivity index (χ3v) is 3.02. The second-order valence-corrected chi connectivity index (χ2v) is 4.64. The van der Waals surface area contributed by atoms with Crippen LogP contribution in [0.25, 0.3) is 0 Å².